The Bertz CT molecular complexity index is 1000. The number of aromatic nitrogens is 2. The molecule has 7 heteroatoms. The van der Waals surface area contributed by atoms with Gasteiger partial charge in [-0.05, 0) is 37.1 Å². The van der Waals surface area contributed by atoms with Gasteiger partial charge in [0.05, 0.1) is 29.9 Å². The Balaban J connectivity index is 1.59. The molecule has 1 aliphatic rings. The van der Waals surface area contributed by atoms with E-state index in [0.717, 1.165) is 29.7 Å². The van der Waals surface area contributed by atoms with Crippen LogP contribution in [0.15, 0.2) is 42.5 Å². The quantitative estimate of drug-likeness (QED) is 0.757. The first kappa shape index (κ1) is 17.3. The molecule has 1 aliphatic heterocycles. The van der Waals surface area contributed by atoms with Gasteiger partial charge >= 0.3 is 6.03 Å². The fraction of sp³-hybridized carbons (Fsp3) is 0.300. The normalized spacial score (nSPS) is 16.7. The van der Waals surface area contributed by atoms with Gasteiger partial charge in [-0.1, -0.05) is 12.1 Å². The van der Waals surface area contributed by atoms with E-state index in [2.05, 4.69) is 5.32 Å². The molecule has 0 aliphatic carbocycles. The van der Waals surface area contributed by atoms with E-state index in [1.807, 2.05) is 35.9 Å². The lowest BCUT2D eigenvalue weighted by Crippen LogP contribution is -2.35. The highest BCUT2D eigenvalue weighted by Crippen LogP contribution is 2.33. The highest BCUT2D eigenvalue weighted by molar-refractivity contribution is 5.90. The summed E-state index contributed by atoms with van der Waals surface area (Å²) in [6, 6.07) is 11.8. The van der Waals surface area contributed by atoms with Crippen LogP contribution in [0, 0.1) is 5.82 Å². The summed E-state index contributed by atoms with van der Waals surface area (Å²) in [5.41, 5.74) is 2.07. The predicted octanol–water partition coefficient (Wildman–Crippen LogP) is 4.09. The van der Waals surface area contributed by atoms with E-state index in [4.69, 9.17) is 9.72 Å². The summed E-state index contributed by atoms with van der Waals surface area (Å²) in [6.45, 7) is 0.609. The molecule has 2 aromatic carbocycles. The number of fused-ring (bicyclic) bond motifs is 1. The van der Waals surface area contributed by atoms with Gasteiger partial charge in [0.2, 0.25) is 0 Å². The number of likely N-dealkylation sites (tertiary alicyclic amines) is 1. The topological polar surface area (TPSA) is 59.4 Å². The minimum atomic E-state index is -0.527. The number of nitrogens with zero attached hydrogens (tertiary/aromatic N) is 3. The number of methoxy groups -OCH3 is 1. The van der Waals surface area contributed by atoms with Crippen LogP contribution in [-0.4, -0.2) is 34.1 Å². The number of halogens is 1. The van der Waals surface area contributed by atoms with Crippen molar-refractivity contribution in [3.05, 3.63) is 54.1 Å². The standard InChI is InChI=1S/C20H21FN4O2/c1-24-17-7-4-3-6-16(17)22-19(24)18-8-5-11-25(18)20(26)23-15-10-9-13(27-2)12-14(15)21/h3-4,6-7,9-10,12,18H,5,8,11H2,1-2H3,(H,23,26)/t18-/m1/s1. The molecule has 0 saturated carbocycles. The second kappa shape index (κ2) is 6.90. The minimum absolute atomic E-state index is 0.135. The highest BCUT2D eigenvalue weighted by atomic mass is 19.1. The van der Waals surface area contributed by atoms with E-state index in [1.54, 1.807) is 11.0 Å². The maximum atomic E-state index is 14.2. The zero-order valence-electron chi connectivity index (χ0n) is 15.3. The number of benzene rings is 2. The highest BCUT2D eigenvalue weighted by Gasteiger charge is 2.33. The number of carbonyl (C=O) groups excluding carboxylic acids is 1. The molecule has 27 heavy (non-hydrogen) atoms. The van der Waals surface area contributed by atoms with Gasteiger partial charge in [0, 0.05) is 19.7 Å². The molecule has 0 unspecified atom stereocenters. The number of hydrogen-bond donors (Lipinski definition) is 1. The number of ether oxygens (including phenoxy) is 1. The predicted molar refractivity (Wildman–Crippen MR) is 101 cm³/mol. The number of para-hydroxylation sites is 2. The summed E-state index contributed by atoms with van der Waals surface area (Å²) in [6.07, 6.45) is 1.71. The van der Waals surface area contributed by atoms with E-state index in [0.29, 0.717) is 12.3 Å². The summed E-state index contributed by atoms with van der Waals surface area (Å²) >= 11 is 0. The Morgan fingerprint density at radius 3 is 2.85 bits per heavy atom. The third-order valence-electron chi connectivity index (χ3n) is 5.05. The first-order valence-corrected chi connectivity index (χ1v) is 8.91. The zero-order valence-corrected chi connectivity index (χ0v) is 15.3. The van der Waals surface area contributed by atoms with Crippen LogP contribution in [0.25, 0.3) is 11.0 Å². The van der Waals surface area contributed by atoms with Crippen LogP contribution in [0.2, 0.25) is 0 Å². The summed E-state index contributed by atoms with van der Waals surface area (Å²) in [7, 11) is 3.43. The molecule has 140 valence electrons. The van der Waals surface area contributed by atoms with E-state index in [9.17, 15) is 9.18 Å². The van der Waals surface area contributed by atoms with Crippen LogP contribution in [0.4, 0.5) is 14.9 Å². The number of nitrogens with one attached hydrogen (secondary N) is 1. The van der Waals surface area contributed by atoms with Crippen molar-refractivity contribution in [3.8, 4) is 5.75 Å². The maximum Gasteiger partial charge on any atom is 0.322 e. The molecule has 0 spiro atoms. The molecular weight excluding hydrogens is 347 g/mol. The van der Waals surface area contributed by atoms with Gasteiger partial charge in [0.15, 0.2) is 0 Å². The van der Waals surface area contributed by atoms with E-state index in [1.165, 1.54) is 19.2 Å². The molecule has 3 aromatic rings. The average Bonchev–Trinajstić information content (AvgIpc) is 3.28. The van der Waals surface area contributed by atoms with Crippen molar-refractivity contribution in [1.29, 1.82) is 0 Å². The van der Waals surface area contributed by atoms with Gasteiger partial charge in [-0.25, -0.2) is 14.2 Å². The number of hydrogen-bond acceptors (Lipinski definition) is 3. The van der Waals surface area contributed by atoms with Crippen LogP contribution in [0.5, 0.6) is 5.75 Å². The molecule has 0 radical (unpaired) electrons. The number of imidazole rings is 1. The van der Waals surface area contributed by atoms with Crippen LogP contribution in [0.3, 0.4) is 0 Å². The number of rotatable bonds is 3. The number of aryl methyl sites for hydroxylation is 1. The molecule has 2 heterocycles. The van der Waals surface area contributed by atoms with Gasteiger partial charge < -0.3 is 19.5 Å². The Labute approximate surface area is 156 Å². The number of urea groups is 1. The Morgan fingerprint density at radius 2 is 2.11 bits per heavy atom. The Kier molecular flexibility index (Phi) is 4.43. The van der Waals surface area contributed by atoms with Gasteiger partial charge in [-0.2, -0.15) is 0 Å². The third-order valence-corrected chi connectivity index (χ3v) is 5.05. The van der Waals surface area contributed by atoms with Gasteiger partial charge in [-0.3, -0.25) is 0 Å². The number of carbonyl (C=O) groups is 1. The second-order valence-corrected chi connectivity index (χ2v) is 6.65. The van der Waals surface area contributed by atoms with Crippen molar-refractivity contribution in [1.82, 2.24) is 14.5 Å². The first-order valence-electron chi connectivity index (χ1n) is 8.91. The van der Waals surface area contributed by atoms with Crippen molar-refractivity contribution in [3.63, 3.8) is 0 Å². The molecular formula is C20H21FN4O2. The van der Waals surface area contributed by atoms with Gasteiger partial charge in [-0.15, -0.1) is 0 Å². The summed E-state index contributed by atoms with van der Waals surface area (Å²) < 4.78 is 21.2. The lowest BCUT2D eigenvalue weighted by molar-refractivity contribution is 0.204. The molecule has 6 nitrogen and oxygen atoms in total. The smallest absolute Gasteiger partial charge is 0.322 e. The second-order valence-electron chi connectivity index (χ2n) is 6.65. The van der Waals surface area contributed by atoms with Gasteiger partial charge in [0.1, 0.15) is 17.4 Å². The molecule has 0 bridgehead atoms. The van der Waals surface area contributed by atoms with E-state index < -0.39 is 5.82 Å². The van der Waals surface area contributed by atoms with Crippen LogP contribution in [-0.2, 0) is 7.05 Å². The van der Waals surface area contributed by atoms with Crippen LogP contribution >= 0.6 is 0 Å². The van der Waals surface area contributed by atoms with Crippen molar-refractivity contribution < 1.29 is 13.9 Å². The molecule has 4 rings (SSSR count). The SMILES string of the molecule is COc1ccc(NC(=O)N2CCC[C@@H]2c2nc3ccccc3n2C)c(F)c1. The van der Waals surface area contributed by atoms with Crippen molar-refractivity contribution in [2.24, 2.45) is 7.05 Å². The molecule has 1 saturated heterocycles. The summed E-state index contributed by atoms with van der Waals surface area (Å²) in [5, 5.41) is 2.68. The molecule has 1 atom stereocenters. The van der Waals surface area contributed by atoms with Crippen molar-refractivity contribution in [2.75, 3.05) is 19.0 Å². The fourth-order valence-electron chi connectivity index (χ4n) is 3.65. The molecule has 1 N–H and O–H groups in total. The van der Waals surface area contributed by atoms with E-state index >= 15 is 0 Å². The molecule has 2 amide bonds. The fourth-order valence-corrected chi connectivity index (χ4v) is 3.65. The first-order chi connectivity index (χ1) is 13.1. The average molecular weight is 368 g/mol. The monoisotopic (exact) mass is 368 g/mol. The van der Waals surface area contributed by atoms with Crippen LogP contribution < -0.4 is 10.1 Å². The van der Waals surface area contributed by atoms with Crippen molar-refractivity contribution in [2.45, 2.75) is 18.9 Å². The molecule has 1 fully saturated rings. The Hall–Kier alpha value is -3.09. The maximum absolute atomic E-state index is 14.2. The summed E-state index contributed by atoms with van der Waals surface area (Å²) in [4.78, 5) is 19.3. The van der Waals surface area contributed by atoms with Gasteiger partial charge in [0.25, 0.3) is 0 Å². The van der Waals surface area contributed by atoms with Crippen LogP contribution in [0.1, 0.15) is 24.7 Å². The largest absolute Gasteiger partial charge is 0.497 e. The summed E-state index contributed by atoms with van der Waals surface area (Å²) in [5.74, 6) is 0.726. The lowest BCUT2D eigenvalue weighted by atomic mass is 10.2. The molecule has 1 aromatic heterocycles. The number of anilines is 1. The minimum Gasteiger partial charge on any atom is -0.497 e. The van der Waals surface area contributed by atoms with Crippen molar-refractivity contribution >= 4 is 22.8 Å². The van der Waals surface area contributed by atoms with E-state index in [-0.39, 0.29) is 17.8 Å². The lowest BCUT2D eigenvalue weighted by Gasteiger charge is -2.24. The Morgan fingerprint density at radius 1 is 1.30 bits per heavy atom. The third kappa shape index (κ3) is 3.09. The zero-order chi connectivity index (χ0) is 19.0. The number of amides is 2.